The first-order valence-electron chi connectivity index (χ1n) is 9.21. The van der Waals surface area contributed by atoms with Gasteiger partial charge in [0.05, 0.1) is 0 Å². The zero-order valence-corrected chi connectivity index (χ0v) is 15.8. The van der Waals surface area contributed by atoms with Crippen LogP contribution in [0.4, 0.5) is 0 Å². The van der Waals surface area contributed by atoms with Gasteiger partial charge in [0.1, 0.15) is 12.4 Å². The molecule has 0 atom stereocenters. The van der Waals surface area contributed by atoms with Crippen molar-refractivity contribution < 1.29 is 9.53 Å². The Morgan fingerprint density at radius 2 is 1.67 bits per heavy atom. The molecule has 0 radical (unpaired) electrons. The fourth-order valence-electron chi connectivity index (χ4n) is 2.75. The number of carbonyl (C=O) groups excluding carboxylic acids is 1. The first kappa shape index (κ1) is 18.7. The average Bonchev–Trinajstić information content (AvgIpc) is 2.71. The molecule has 3 rings (SSSR count). The predicted octanol–water partition coefficient (Wildman–Crippen LogP) is 6.29. The van der Waals surface area contributed by atoms with Gasteiger partial charge >= 0.3 is 0 Å². The Kier molecular flexibility index (Phi) is 6.22. The van der Waals surface area contributed by atoms with Crippen LogP contribution in [0, 0.1) is 0 Å². The van der Waals surface area contributed by atoms with E-state index in [2.05, 4.69) is 13.8 Å². The molecule has 0 bridgehead atoms. The summed E-state index contributed by atoms with van der Waals surface area (Å²) in [6.07, 6.45) is 3.44. The normalized spacial score (nSPS) is 11.1. The van der Waals surface area contributed by atoms with Gasteiger partial charge in [-0.2, -0.15) is 0 Å². The van der Waals surface area contributed by atoms with E-state index in [-0.39, 0.29) is 5.78 Å². The van der Waals surface area contributed by atoms with Crippen LogP contribution in [0.1, 0.15) is 46.8 Å². The Balaban J connectivity index is 1.63. The zero-order valence-electron chi connectivity index (χ0n) is 15.8. The monoisotopic (exact) mass is 356 g/mol. The molecule has 0 unspecified atom stereocenters. The lowest BCUT2D eigenvalue weighted by atomic mass is 10.0. The molecule has 0 amide bonds. The summed E-state index contributed by atoms with van der Waals surface area (Å²) in [4.78, 5) is 12.4. The molecule has 0 heterocycles. The van der Waals surface area contributed by atoms with Crippen LogP contribution in [-0.4, -0.2) is 5.78 Å². The number of hydrogen-bond donors (Lipinski definition) is 0. The fraction of sp³-hybridized carbons (Fsp3) is 0.160. The van der Waals surface area contributed by atoms with Crippen molar-refractivity contribution in [1.82, 2.24) is 0 Å². The number of benzene rings is 3. The van der Waals surface area contributed by atoms with Gasteiger partial charge in [-0.25, -0.2) is 0 Å². The van der Waals surface area contributed by atoms with E-state index in [1.54, 1.807) is 6.08 Å². The molecule has 0 saturated carbocycles. The first-order chi connectivity index (χ1) is 13.1. The molecule has 2 nitrogen and oxygen atoms in total. The van der Waals surface area contributed by atoms with Crippen molar-refractivity contribution >= 4 is 11.9 Å². The van der Waals surface area contributed by atoms with Crippen molar-refractivity contribution in [2.75, 3.05) is 0 Å². The highest BCUT2D eigenvalue weighted by Gasteiger charge is 2.04. The molecule has 2 heteroatoms. The number of rotatable bonds is 7. The van der Waals surface area contributed by atoms with Crippen LogP contribution in [0.2, 0.25) is 0 Å². The third kappa shape index (κ3) is 5.42. The fourth-order valence-corrected chi connectivity index (χ4v) is 2.75. The lowest BCUT2D eigenvalue weighted by Crippen LogP contribution is -1.96. The minimum atomic E-state index is 0.000845. The second kappa shape index (κ2) is 9.00. The van der Waals surface area contributed by atoms with E-state index in [4.69, 9.17) is 4.74 Å². The van der Waals surface area contributed by atoms with Crippen molar-refractivity contribution in [1.29, 1.82) is 0 Å². The summed E-state index contributed by atoms with van der Waals surface area (Å²) in [6.45, 7) is 4.81. The molecule has 27 heavy (non-hydrogen) atoms. The molecule has 0 aliphatic rings. The van der Waals surface area contributed by atoms with Gasteiger partial charge in [0, 0.05) is 5.56 Å². The van der Waals surface area contributed by atoms with Crippen molar-refractivity contribution in [3.63, 3.8) is 0 Å². The van der Waals surface area contributed by atoms with Crippen molar-refractivity contribution in [2.45, 2.75) is 26.4 Å². The number of ether oxygens (including phenoxy) is 1. The molecule has 0 aromatic heterocycles. The van der Waals surface area contributed by atoms with Gasteiger partial charge in [-0.05, 0) is 40.8 Å². The molecule has 0 saturated heterocycles. The second-order valence-corrected chi connectivity index (χ2v) is 6.82. The van der Waals surface area contributed by atoms with Crippen LogP contribution >= 0.6 is 0 Å². The van der Waals surface area contributed by atoms with Crippen LogP contribution in [0.3, 0.4) is 0 Å². The highest BCUT2D eigenvalue weighted by molar-refractivity contribution is 6.06. The Morgan fingerprint density at radius 1 is 0.926 bits per heavy atom. The van der Waals surface area contributed by atoms with E-state index in [1.807, 2.05) is 84.9 Å². The summed E-state index contributed by atoms with van der Waals surface area (Å²) in [5, 5.41) is 0. The average molecular weight is 356 g/mol. The molecule has 0 aliphatic heterocycles. The summed E-state index contributed by atoms with van der Waals surface area (Å²) in [5.74, 6) is 1.25. The van der Waals surface area contributed by atoms with Gasteiger partial charge in [0.2, 0.25) is 0 Å². The topological polar surface area (TPSA) is 26.3 Å². The van der Waals surface area contributed by atoms with E-state index in [0.717, 1.165) is 16.9 Å². The van der Waals surface area contributed by atoms with Crippen LogP contribution in [0.5, 0.6) is 5.75 Å². The van der Waals surface area contributed by atoms with Gasteiger partial charge in [-0.3, -0.25) is 4.79 Å². The summed E-state index contributed by atoms with van der Waals surface area (Å²) >= 11 is 0. The molecule has 0 fully saturated rings. The molecular weight excluding hydrogens is 332 g/mol. The number of hydrogen-bond acceptors (Lipinski definition) is 2. The minimum absolute atomic E-state index is 0.000845. The van der Waals surface area contributed by atoms with Gasteiger partial charge < -0.3 is 4.74 Å². The molecule has 136 valence electrons. The summed E-state index contributed by atoms with van der Waals surface area (Å²) in [7, 11) is 0. The van der Waals surface area contributed by atoms with Crippen LogP contribution in [-0.2, 0) is 6.61 Å². The lowest BCUT2D eigenvalue weighted by Gasteiger charge is -2.07. The smallest absolute Gasteiger partial charge is 0.185 e. The van der Waals surface area contributed by atoms with Gasteiger partial charge in [0.15, 0.2) is 5.78 Å². The Labute approximate surface area is 161 Å². The molecule has 0 aliphatic carbocycles. The number of carbonyl (C=O) groups is 1. The van der Waals surface area contributed by atoms with Gasteiger partial charge in [0.25, 0.3) is 0 Å². The van der Waals surface area contributed by atoms with Crippen molar-refractivity contribution in [2.24, 2.45) is 0 Å². The maximum Gasteiger partial charge on any atom is 0.185 e. The predicted molar refractivity (Wildman–Crippen MR) is 111 cm³/mol. The maximum atomic E-state index is 12.4. The number of ketones is 1. The van der Waals surface area contributed by atoms with E-state index < -0.39 is 0 Å². The quantitative estimate of drug-likeness (QED) is 0.367. The molecule has 3 aromatic rings. The largest absolute Gasteiger partial charge is 0.489 e. The Bertz CT molecular complexity index is 907. The van der Waals surface area contributed by atoms with Crippen LogP contribution in [0.25, 0.3) is 6.08 Å². The third-order valence-electron chi connectivity index (χ3n) is 4.40. The molecule has 3 aromatic carbocycles. The van der Waals surface area contributed by atoms with Crippen molar-refractivity contribution in [3.05, 3.63) is 107 Å². The first-order valence-corrected chi connectivity index (χ1v) is 9.21. The molecule has 0 N–H and O–H groups in total. The van der Waals surface area contributed by atoms with Gasteiger partial charge in [-0.15, -0.1) is 0 Å². The molecular formula is C25H24O2. The van der Waals surface area contributed by atoms with Crippen LogP contribution < -0.4 is 4.74 Å². The Morgan fingerprint density at radius 3 is 2.37 bits per heavy atom. The summed E-state index contributed by atoms with van der Waals surface area (Å²) in [5.41, 5.74) is 4.00. The van der Waals surface area contributed by atoms with Crippen molar-refractivity contribution in [3.8, 4) is 5.75 Å². The third-order valence-corrected chi connectivity index (χ3v) is 4.40. The minimum Gasteiger partial charge on any atom is -0.489 e. The summed E-state index contributed by atoms with van der Waals surface area (Å²) < 4.78 is 5.84. The highest BCUT2D eigenvalue weighted by Crippen LogP contribution is 2.18. The van der Waals surface area contributed by atoms with E-state index in [1.165, 1.54) is 5.56 Å². The van der Waals surface area contributed by atoms with Crippen LogP contribution in [0.15, 0.2) is 84.9 Å². The Hall–Kier alpha value is -3.13. The SMILES string of the molecule is CC(C)c1ccc(C(=O)/C=C/c2cccc(OCc3ccccc3)c2)cc1. The summed E-state index contributed by atoms with van der Waals surface area (Å²) in [6, 6.07) is 25.6. The van der Waals surface area contributed by atoms with E-state index >= 15 is 0 Å². The van der Waals surface area contributed by atoms with E-state index in [9.17, 15) is 4.79 Å². The van der Waals surface area contributed by atoms with E-state index in [0.29, 0.717) is 18.1 Å². The van der Waals surface area contributed by atoms with Gasteiger partial charge in [-0.1, -0.05) is 86.7 Å². The maximum absolute atomic E-state index is 12.4. The standard InChI is InChI=1S/C25H24O2/c1-19(2)22-12-14-23(15-13-22)25(26)16-11-20-9-6-10-24(17-20)27-18-21-7-4-3-5-8-21/h3-17,19H,18H2,1-2H3/b16-11+. The highest BCUT2D eigenvalue weighted by atomic mass is 16.5. The lowest BCUT2D eigenvalue weighted by molar-refractivity contribution is 0.104. The molecule has 0 spiro atoms. The number of allylic oxidation sites excluding steroid dienone is 1. The zero-order chi connectivity index (χ0) is 19.1. The second-order valence-electron chi connectivity index (χ2n) is 6.82.